The average Bonchev–Trinajstić information content (AvgIpc) is 2.65. The fourth-order valence-corrected chi connectivity index (χ4v) is 3.25. The molecule has 1 amide bonds. The fraction of sp³-hybridized carbons (Fsp3) is 0.632. The van der Waals surface area contributed by atoms with Crippen LogP contribution in [0.5, 0.6) is 17.2 Å². The Bertz CT molecular complexity index is 552. The van der Waals surface area contributed by atoms with E-state index in [2.05, 4.69) is 10.6 Å². The number of hydrogen-bond donors (Lipinski definition) is 2. The van der Waals surface area contributed by atoms with Gasteiger partial charge in [-0.25, -0.2) is 0 Å². The lowest BCUT2D eigenvalue weighted by Gasteiger charge is -2.23. The van der Waals surface area contributed by atoms with Crippen LogP contribution in [0.1, 0.15) is 44.2 Å². The summed E-state index contributed by atoms with van der Waals surface area (Å²) in [4.78, 5) is 12.3. The highest BCUT2D eigenvalue weighted by atomic mass is 35.5. The van der Waals surface area contributed by atoms with Gasteiger partial charge in [0.05, 0.1) is 27.4 Å². The minimum atomic E-state index is -0.130. The molecule has 1 unspecified atom stereocenters. The minimum Gasteiger partial charge on any atom is -0.493 e. The molecule has 1 aliphatic heterocycles. The van der Waals surface area contributed by atoms with E-state index in [0.717, 1.165) is 37.9 Å². The molecule has 6 nitrogen and oxygen atoms in total. The van der Waals surface area contributed by atoms with E-state index in [1.165, 1.54) is 0 Å². The van der Waals surface area contributed by atoms with Gasteiger partial charge in [-0.15, -0.1) is 12.4 Å². The molecule has 148 valence electrons. The van der Waals surface area contributed by atoms with Crippen LogP contribution < -0.4 is 24.8 Å². The van der Waals surface area contributed by atoms with E-state index in [4.69, 9.17) is 14.2 Å². The zero-order valence-electron chi connectivity index (χ0n) is 16.1. The van der Waals surface area contributed by atoms with E-state index in [-0.39, 0.29) is 24.4 Å². The monoisotopic (exact) mass is 386 g/mol. The molecule has 7 heteroatoms. The molecule has 1 aromatic rings. The Balaban J connectivity index is 0.00000338. The molecule has 26 heavy (non-hydrogen) atoms. The van der Waals surface area contributed by atoms with Gasteiger partial charge >= 0.3 is 0 Å². The number of halogens is 1. The highest BCUT2D eigenvalue weighted by molar-refractivity contribution is 5.85. The predicted octanol–water partition coefficient (Wildman–Crippen LogP) is 3.09. The molecule has 2 rings (SSSR count). The quantitative estimate of drug-likeness (QED) is 0.718. The van der Waals surface area contributed by atoms with Crippen LogP contribution in [0.15, 0.2) is 12.1 Å². The third kappa shape index (κ3) is 5.95. The third-order valence-corrected chi connectivity index (χ3v) is 4.80. The molecule has 0 aromatic heterocycles. The summed E-state index contributed by atoms with van der Waals surface area (Å²) in [5, 5.41) is 6.42. The highest BCUT2D eigenvalue weighted by Crippen LogP contribution is 2.39. The summed E-state index contributed by atoms with van der Waals surface area (Å²) < 4.78 is 16.1. The van der Waals surface area contributed by atoms with Crippen molar-refractivity contribution in [3.8, 4) is 17.2 Å². The van der Waals surface area contributed by atoms with Crippen molar-refractivity contribution in [1.82, 2.24) is 10.6 Å². The summed E-state index contributed by atoms with van der Waals surface area (Å²) in [5.41, 5.74) is 0.921. The van der Waals surface area contributed by atoms with E-state index in [1.54, 1.807) is 21.3 Å². The van der Waals surface area contributed by atoms with E-state index in [9.17, 15) is 4.79 Å². The van der Waals surface area contributed by atoms with Crippen molar-refractivity contribution >= 4 is 18.3 Å². The van der Waals surface area contributed by atoms with Crippen molar-refractivity contribution in [1.29, 1.82) is 0 Å². The topological polar surface area (TPSA) is 68.8 Å². The van der Waals surface area contributed by atoms with Crippen LogP contribution in [0.25, 0.3) is 0 Å². The van der Waals surface area contributed by atoms with Gasteiger partial charge in [-0.3, -0.25) is 4.79 Å². The van der Waals surface area contributed by atoms with Gasteiger partial charge in [-0.1, -0.05) is 0 Å². The molecule has 1 fully saturated rings. The lowest BCUT2D eigenvalue weighted by atomic mass is 9.93. The lowest BCUT2D eigenvalue weighted by Crippen LogP contribution is -2.30. The molecular weight excluding hydrogens is 356 g/mol. The minimum absolute atomic E-state index is 0. The second kappa shape index (κ2) is 11.1. The summed E-state index contributed by atoms with van der Waals surface area (Å²) >= 11 is 0. The van der Waals surface area contributed by atoms with Crippen LogP contribution in [-0.2, 0) is 4.79 Å². The first kappa shape index (κ1) is 22.4. The first-order valence-electron chi connectivity index (χ1n) is 8.89. The SMILES string of the molecule is COc1cc(C(C)NC(=O)CCC2CCNCC2)cc(OC)c1OC.Cl. The number of benzene rings is 1. The Labute approximate surface area is 162 Å². The van der Waals surface area contributed by atoms with Gasteiger partial charge in [-0.05, 0) is 62.9 Å². The normalized spacial score (nSPS) is 15.5. The number of rotatable bonds is 8. The van der Waals surface area contributed by atoms with E-state index < -0.39 is 0 Å². The van der Waals surface area contributed by atoms with Crippen molar-refractivity contribution in [2.45, 2.75) is 38.6 Å². The molecule has 1 atom stereocenters. The van der Waals surface area contributed by atoms with Gasteiger partial charge < -0.3 is 24.8 Å². The molecule has 0 aliphatic carbocycles. The number of nitrogens with one attached hydrogen (secondary N) is 2. The first-order valence-corrected chi connectivity index (χ1v) is 8.89. The molecule has 1 aromatic carbocycles. The van der Waals surface area contributed by atoms with Crippen molar-refractivity contribution in [2.24, 2.45) is 5.92 Å². The van der Waals surface area contributed by atoms with E-state index in [1.807, 2.05) is 19.1 Å². The van der Waals surface area contributed by atoms with Crippen LogP contribution in [0, 0.1) is 5.92 Å². The molecule has 0 bridgehead atoms. The Kier molecular flexibility index (Phi) is 9.59. The van der Waals surface area contributed by atoms with Crippen molar-refractivity contribution < 1.29 is 19.0 Å². The average molecular weight is 387 g/mol. The molecule has 2 N–H and O–H groups in total. The van der Waals surface area contributed by atoms with Gasteiger partial charge in [0, 0.05) is 6.42 Å². The van der Waals surface area contributed by atoms with Gasteiger partial charge in [0.1, 0.15) is 0 Å². The number of methoxy groups -OCH3 is 3. The molecular formula is C19H31ClN2O4. The summed E-state index contributed by atoms with van der Waals surface area (Å²) in [6.45, 7) is 4.09. The Hall–Kier alpha value is -1.66. The van der Waals surface area contributed by atoms with Gasteiger partial charge in [0.2, 0.25) is 11.7 Å². The van der Waals surface area contributed by atoms with Gasteiger partial charge in [0.15, 0.2) is 11.5 Å². The summed E-state index contributed by atoms with van der Waals surface area (Å²) in [7, 11) is 4.75. The third-order valence-electron chi connectivity index (χ3n) is 4.80. The second-order valence-electron chi connectivity index (χ2n) is 6.48. The summed E-state index contributed by atoms with van der Waals surface area (Å²) in [6.07, 6.45) is 3.85. The van der Waals surface area contributed by atoms with E-state index >= 15 is 0 Å². The zero-order valence-corrected chi connectivity index (χ0v) is 16.9. The number of carbonyl (C=O) groups excluding carboxylic acids is 1. The number of amides is 1. The predicted molar refractivity (Wildman–Crippen MR) is 105 cm³/mol. The second-order valence-corrected chi connectivity index (χ2v) is 6.48. The molecule has 0 radical (unpaired) electrons. The van der Waals surface area contributed by atoms with E-state index in [0.29, 0.717) is 29.6 Å². The number of ether oxygens (including phenoxy) is 3. The standard InChI is InChI=1S/C19H30N2O4.ClH/c1-13(21-18(22)6-5-14-7-9-20-10-8-14)15-11-16(23-2)19(25-4)17(12-15)24-3;/h11-14,20H,5-10H2,1-4H3,(H,21,22);1H. The molecule has 1 heterocycles. The van der Waals surface area contributed by atoms with Crippen molar-refractivity contribution in [3.63, 3.8) is 0 Å². The largest absolute Gasteiger partial charge is 0.493 e. The van der Waals surface area contributed by atoms with Crippen molar-refractivity contribution in [3.05, 3.63) is 17.7 Å². The molecule has 1 saturated heterocycles. The first-order chi connectivity index (χ1) is 12.1. The molecule has 0 spiro atoms. The highest BCUT2D eigenvalue weighted by Gasteiger charge is 2.19. The van der Waals surface area contributed by atoms with Gasteiger partial charge in [0.25, 0.3) is 0 Å². The Morgan fingerprint density at radius 3 is 2.23 bits per heavy atom. The maximum absolute atomic E-state index is 12.3. The van der Waals surface area contributed by atoms with Crippen LogP contribution in [0.2, 0.25) is 0 Å². The number of hydrogen-bond acceptors (Lipinski definition) is 5. The van der Waals surface area contributed by atoms with Crippen LogP contribution >= 0.6 is 12.4 Å². The molecule has 0 saturated carbocycles. The summed E-state index contributed by atoms with van der Waals surface area (Å²) in [5.74, 6) is 2.47. The van der Waals surface area contributed by atoms with Crippen LogP contribution in [-0.4, -0.2) is 40.3 Å². The fourth-order valence-electron chi connectivity index (χ4n) is 3.25. The smallest absolute Gasteiger partial charge is 0.220 e. The lowest BCUT2D eigenvalue weighted by molar-refractivity contribution is -0.122. The maximum Gasteiger partial charge on any atom is 0.220 e. The molecule has 1 aliphatic rings. The number of carbonyl (C=O) groups is 1. The van der Waals surface area contributed by atoms with Crippen LogP contribution in [0.3, 0.4) is 0 Å². The Morgan fingerprint density at radius 1 is 1.15 bits per heavy atom. The maximum atomic E-state index is 12.3. The summed E-state index contributed by atoms with van der Waals surface area (Å²) in [6, 6.07) is 3.62. The van der Waals surface area contributed by atoms with Gasteiger partial charge in [-0.2, -0.15) is 0 Å². The van der Waals surface area contributed by atoms with Crippen molar-refractivity contribution in [2.75, 3.05) is 34.4 Å². The van der Waals surface area contributed by atoms with Crippen LogP contribution in [0.4, 0.5) is 0 Å². The zero-order chi connectivity index (χ0) is 18.2. The Morgan fingerprint density at radius 2 is 1.73 bits per heavy atom. The number of piperidine rings is 1.